The van der Waals surface area contributed by atoms with Crippen LogP contribution in [-0.2, 0) is 18.2 Å². The van der Waals surface area contributed by atoms with Gasteiger partial charge in [-0.3, -0.25) is 9.58 Å². The van der Waals surface area contributed by atoms with Crippen LogP contribution in [0.4, 0.5) is 26.8 Å². The number of fused-ring (bicyclic) bond motifs is 2. The van der Waals surface area contributed by atoms with E-state index in [1.165, 1.54) is 7.11 Å². The minimum atomic E-state index is -0.537. The number of ether oxygens (including phenoxy) is 2. The molecule has 0 radical (unpaired) electrons. The fourth-order valence-electron chi connectivity index (χ4n) is 5.31. The van der Waals surface area contributed by atoms with E-state index in [0.717, 1.165) is 22.2 Å². The molecule has 12 heteroatoms. The van der Waals surface area contributed by atoms with Crippen LogP contribution in [-0.4, -0.2) is 81.7 Å². The maximum atomic E-state index is 13.4. The van der Waals surface area contributed by atoms with Crippen molar-refractivity contribution in [2.24, 2.45) is 7.05 Å². The predicted octanol–water partition coefficient (Wildman–Crippen LogP) is 3.72. The van der Waals surface area contributed by atoms with Crippen LogP contribution in [0.1, 0.15) is 38.8 Å². The summed E-state index contributed by atoms with van der Waals surface area (Å²) in [4.78, 5) is 41.0. The van der Waals surface area contributed by atoms with Crippen molar-refractivity contribution in [1.82, 2.24) is 24.6 Å². The molecule has 12 nitrogen and oxygen atoms in total. The summed E-state index contributed by atoms with van der Waals surface area (Å²) < 4.78 is 12.7. The Morgan fingerprint density at radius 3 is 2.64 bits per heavy atom. The number of carbonyl (C=O) groups is 2. The molecule has 0 aliphatic carbocycles. The SMILES string of the molecule is COc1nc2nn(C)cc2cc1NC(=O)N1CCc2c1ncc(C)c2N1CCN(C(=O)OC(C)(C)C)[C@@H](C)C1. The number of hydrogen-bond donors (Lipinski definition) is 1. The van der Waals surface area contributed by atoms with Gasteiger partial charge in [-0.2, -0.15) is 10.1 Å². The highest BCUT2D eigenvalue weighted by molar-refractivity contribution is 6.04. The molecule has 1 saturated heterocycles. The maximum absolute atomic E-state index is 13.4. The Morgan fingerprint density at radius 1 is 1.18 bits per heavy atom. The van der Waals surface area contributed by atoms with Gasteiger partial charge in [0.2, 0.25) is 5.88 Å². The normalized spacial score (nSPS) is 17.4. The zero-order chi connectivity index (χ0) is 28.1. The van der Waals surface area contributed by atoms with Gasteiger partial charge in [0, 0.05) is 68.3 Å². The van der Waals surface area contributed by atoms with Gasteiger partial charge in [-0.1, -0.05) is 0 Å². The summed E-state index contributed by atoms with van der Waals surface area (Å²) in [7, 11) is 3.33. The monoisotopic (exact) mass is 536 g/mol. The number of nitrogens with zero attached hydrogens (tertiary/aromatic N) is 7. The molecule has 3 aromatic heterocycles. The first-order valence-electron chi connectivity index (χ1n) is 13.1. The number of aryl methyl sites for hydroxylation is 2. The summed E-state index contributed by atoms with van der Waals surface area (Å²) in [5, 5.41) is 8.06. The van der Waals surface area contributed by atoms with Crippen LogP contribution in [0.2, 0.25) is 0 Å². The standard InChI is InChI=1S/C27H36N8O4/c1-16-13-28-23-19(21(16)33-10-11-34(17(2)14-33)26(37)39-27(3,4)5)8-9-35(23)25(36)29-20-12-18-15-32(6)31-22(18)30-24(20)38-7/h12-13,15,17H,8-11,14H2,1-7H3,(H,29,36)/t17-/m0/s1. The van der Waals surface area contributed by atoms with Crippen LogP contribution in [0.15, 0.2) is 18.5 Å². The van der Waals surface area contributed by atoms with Gasteiger partial charge < -0.3 is 24.6 Å². The molecule has 1 fully saturated rings. The number of rotatable bonds is 3. The maximum Gasteiger partial charge on any atom is 0.410 e. The molecule has 1 atom stereocenters. The second kappa shape index (κ2) is 9.90. The zero-order valence-electron chi connectivity index (χ0n) is 23.6. The molecular formula is C27H36N8O4. The van der Waals surface area contributed by atoms with Crippen molar-refractivity contribution in [1.29, 1.82) is 0 Å². The lowest BCUT2D eigenvalue weighted by Gasteiger charge is -2.42. The third-order valence-electron chi connectivity index (χ3n) is 6.98. The molecule has 2 aliphatic heterocycles. The first-order chi connectivity index (χ1) is 18.4. The van der Waals surface area contributed by atoms with Crippen LogP contribution in [0.3, 0.4) is 0 Å². The number of amides is 3. The van der Waals surface area contributed by atoms with Crippen LogP contribution in [0.25, 0.3) is 11.0 Å². The molecule has 0 saturated carbocycles. The van der Waals surface area contributed by atoms with Crippen molar-refractivity contribution in [3.63, 3.8) is 0 Å². The van der Waals surface area contributed by atoms with E-state index < -0.39 is 5.60 Å². The number of aromatic nitrogens is 4. The third kappa shape index (κ3) is 5.15. The highest BCUT2D eigenvalue weighted by atomic mass is 16.6. The van der Waals surface area contributed by atoms with Gasteiger partial charge in [0.15, 0.2) is 5.65 Å². The molecule has 0 bridgehead atoms. The highest BCUT2D eigenvalue weighted by Crippen LogP contribution is 2.38. The molecule has 3 aromatic rings. The van der Waals surface area contributed by atoms with Crippen molar-refractivity contribution in [2.75, 3.05) is 48.4 Å². The lowest BCUT2D eigenvalue weighted by Crippen LogP contribution is -2.55. The minimum Gasteiger partial charge on any atom is -0.479 e. The van der Waals surface area contributed by atoms with Crippen molar-refractivity contribution in [3.05, 3.63) is 29.6 Å². The number of nitrogens with one attached hydrogen (secondary N) is 1. The molecule has 1 N–H and O–H groups in total. The van der Waals surface area contributed by atoms with E-state index in [4.69, 9.17) is 9.47 Å². The molecule has 0 aromatic carbocycles. The van der Waals surface area contributed by atoms with Gasteiger partial charge in [0.1, 0.15) is 17.1 Å². The molecule has 0 spiro atoms. The number of carbonyl (C=O) groups excluding carboxylic acids is 2. The third-order valence-corrected chi connectivity index (χ3v) is 6.98. The number of anilines is 3. The molecule has 208 valence electrons. The van der Waals surface area contributed by atoms with E-state index in [0.29, 0.717) is 55.6 Å². The Balaban J connectivity index is 1.36. The van der Waals surface area contributed by atoms with E-state index >= 15 is 0 Å². The van der Waals surface area contributed by atoms with E-state index in [1.807, 2.05) is 60.1 Å². The fourth-order valence-corrected chi connectivity index (χ4v) is 5.31. The van der Waals surface area contributed by atoms with Crippen molar-refractivity contribution < 1.29 is 19.1 Å². The van der Waals surface area contributed by atoms with E-state index in [1.54, 1.807) is 14.5 Å². The summed E-state index contributed by atoms with van der Waals surface area (Å²) in [5.74, 6) is 0.938. The number of piperazine rings is 1. The topological polar surface area (TPSA) is 118 Å². The van der Waals surface area contributed by atoms with Crippen LogP contribution in [0.5, 0.6) is 5.88 Å². The quantitative estimate of drug-likeness (QED) is 0.538. The van der Waals surface area contributed by atoms with Crippen LogP contribution >= 0.6 is 0 Å². The second-order valence-electron chi connectivity index (χ2n) is 11.2. The predicted molar refractivity (Wildman–Crippen MR) is 149 cm³/mol. The summed E-state index contributed by atoms with van der Waals surface area (Å²) in [6, 6.07) is 1.48. The number of pyridine rings is 2. The Kier molecular flexibility index (Phi) is 6.73. The summed E-state index contributed by atoms with van der Waals surface area (Å²) in [5.41, 5.74) is 3.64. The van der Waals surface area contributed by atoms with Gasteiger partial charge in [0.05, 0.1) is 7.11 Å². The van der Waals surface area contributed by atoms with E-state index in [9.17, 15) is 9.59 Å². The van der Waals surface area contributed by atoms with Crippen LogP contribution in [0, 0.1) is 6.92 Å². The van der Waals surface area contributed by atoms with Gasteiger partial charge in [0.25, 0.3) is 0 Å². The van der Waals surface area contributed by atoms with Gasteiger partial charge in [-0.25, -0.2) is 14.6 Å². The molecule has 5 rings (SSSR count). The first kappa shape index (κ1) is 26.5. The lowest BCUT2D eigenvalue weighted by molar-refractivity contribution is 0.0159. The molecule has 2 aliphatic rings. The smallest absolute Gasteiger partial charge is 0.410 e. The zero-order valence-corrected chi connectivity index (χ0v) is 23.6. The molecule has 0 unspecified atom stereocenters. The molecule has 5 heterocycles. The molecule has 3 amide bonds. The summed E-state index contributed by atoms with van der Waals surface area (Å²) >= 11 is 0. The van der Waals surface area contributed by atoms with Crippen molar-refractivity contribution in [2.45, 2.75) is 52.7 Å². The Bertz CT molecular complexity index is 1430. The van der Waals surface area contributed by atoms with Gasteiger partial charge in [-0.15, -0.1) is 0 Å². The number of urea groups is 1. The van der Waals surface area contributed by atoms with Crippen LogP contribution < -0.4 is 19.9 Å². The van der Waals surface area contributed by atoms with Crippen molar-refractivity contribution >= 4 is 40.4 Å². The average molecular weight is 537 g/mol. The number of methoxy groups -OCH3 is 1. The number of hydrogen-bond acceptors (Lipinski definition) is 8. The average Bonchev–Trinajstić information content (AvgIpc) is 3.44. The largest absolute Gasteiger partial charge is 0.479 e. The Morgan fingerprint density at radius 2 is 1.95 bits per heavy atom. The van der Waals surface area contributed by atoms with E-state index in [-0.39, 0.29) is 18.2 Å². The molecule has 39 heavy (non-hydrogen) atoms. The summed E-state index contributed by atoms with van der Waals surface area (Å²) in [6.07, 6.45) is 4.05. The van der Waals surface area contributed by atoms with Crippen molar-refractivity contribution in [3.8, 4) is 5.88 Å². The second-order valence-corrected chi connectivity index (χ2v) is 11.2. The lowest BCUT2D eigenvalue weighted by atomic mass is 10.1. The summed E-state index contributed by atoms with van der Waals surface area (Å²) in [6.45, 7) is 12.1. The van der Waals surface area contributed by atoms with E-state index in [2.05, 4.69) is 25.3 Å². The first-order valence-corrected chi connectivity index (χ1v) is 13.1. The fraction of sp³-hybridized carbons (Fsp3) is 0.519. The Hall–Kier alpha value is -4.09. The molecular weight excluding hydrogens is 500 g/mol. The highest BCUT2D eigenvalue weighted by Gasteiger charge is 2.35. The van der Waals surface area contributed by atoms with Gasteiger partial charge in [-0.05, 0) is 52.7 Å². The minimum absolute atomic E-state index is 0.0278. The Labute approximate surface area is 227 Å². The van der Waals surface area contributed by atoms with Gasteiger partial charge >= 0.3 is 12.1 Å².